The number of benzene rings is 1. The summed E-state index contributed by atoms with van der Waals surface area (Å²) in [4.78, 5) is 37.8. The van der Waals surface area contributed by atoms with Gasteiger partial charge in [-0.1, -0.05) is 12.1 Å². The standard InChI is InChI=1S/C21H26N4O3/c26-19-4-3-18(20(27)24-19)25-11-14-7-12(1-2-16(14)21(25)28)9-22-10-13-8-17-15(13)5-6-23-17/h1-2,7,13,15,17-18,22-23H,3-6,8-11H2,(H,24,26,27). The SMILES string of the molecule is O=C1CCC(N2Cc3cc(CNCC4CC5NCCC45)ccc3C2=O)C(=O)N1. The van der Waals surface area contributed by atoms with Crippen LogP contribution in [0.3, 0.4) is 0 Å². The maximum absolute atomic E-state index is 12.7. The van der Waals surface area contributed by atoms with E-state index in [1.54, 1.807) is 4.90 Å². The van der Waals surface area contributed by atoms with E-state index in [1.165, 1.54) is 12.8 Å². The highest BCUT2D eigenvalue weighted by molar-refractivity contribution is 6.05. The molecule has 0 aromatic heterocycles. The van der Waals surface area contributed by atoms with Gasteiger partial charge in [-0.15, -0.1) is 0 Å². The Bertz CT molecular complexity index is 839. The van der Waals surface area contributed by atoms with E-state index in [0.29, 0.717) is 18.5 Å². The Hall–Kier alpha value is -2.25. The second-order valence-corrected chi connectivity index (χ2v) is 8.53. The minimum absolute atomic E-state index is 0.113. The number of hydrogen-bond donors (Lipinski definition) is 3. The van der Waals surface area contributed by atoms with Crippen LogP contribution < -0.4 is 16.0 Å². The van der Waals surface area contributed by atoms with Gasteiger partial charge in [-0.2, -0.15) is 0 Å². The minimum atomic E-state index is -0.550. The van der Waals surface area contributed by atoms with Crippen molar-refractivity contribution in [3.8, 4) is 0 Å². The molecule has 28 heavy (non-hydrogen) atoms. The van der Waals surface area contributed by atoms with Gasteiger partial charge in [0, 0.05) is 31.1 Å². The van der Waals surface area contributed by atoms with E-state index >= 15 is 0 Å². The first kappa shape index (κ1) is 17.8. The fraction of sp³-hybridized carbons (Fsp3) is 0.571. The average molecular weight is 382 g/mol. The second-order valence-electron chi connectivity index (χ2n) is 8.53. The Kier molecular flexibility index (Phi) is 4.44. The molecule has 0 spiro atoms. The van der Waals surface area contributed by atoms with E-state index in [1.807, 2.05) is 12.1 Å². The van der Waals surface area contributed by atoms with Gasteiger partial charge in [-0.25, -0.2) is 0 Å². The summed E-state index contributed by atoms with van der Waals surface area (Å²) in [5.74, 6) is 0.883. The fourth-order valence-corrected chi connectivity index (χ4v) is 5.29. The summed E-state index contributed by atoms with van der Waals surface area (Å²) in [6, 6.07) is 6.15. The Balaban J connectivity index is 1.19. The van der Waals surface area contributed by atoms with Crippen LogP contribution in [0, 0.1) is 11.8 Å². The molecule has 3 fully saturated rings. The van der Waals surface area contributed by atoms with Crippen molar-refractivity contribution in [2.45, 2.75) is 50.9 Å². The Morgan fingerprint density at radius 2 is 2.07 bits per heavy atom. The van der Waals surface area contributed by atoms with Gasteiger partial charge in [0.15, 0.2) is 0 Å². The smallest absolute Gasteiger partial charge is 0.255 e. The van der Waals surface area contributed by atoms with Gasteiger partial charge in [-0.3, -0.25) is 19.7 Å². The van der Waals surface area contributed by atoms with Crippen LogP contribution in [0.1, 0.15) is 47.2 Å². The van der Waals surface area contributed by atoms with E-state index in [4.69, 9.17) is 0 Å². The summed E-state index contributed by atoms with van der Waals surface area (Å²) in [6.45, 7) is 3.43. The summed E-state index contributed by atoms with van der Waals surface area (Å²) in [7, 11) is 0. The third-order valence-electron chi connectivity index (χ3n) is 6.89. The lowest BCUT2D eigenvalue weighted by molar-refractivity contribution is -0.136. The van der Waals surface area contributed by atoms with Crippen molar-refractivity contribution in [3.63, 3.8) is 0 Å². The van der Waals surface area contributed by atoms with Crippen LogP contribution in [0.25, 0.3) is 0 Å². The molecule has 3 aliphatic heterocycles. The normalized spacial score (nSPS) is 31.4. The van der Waals surface area contributed by atoms with Crippen LogP contribution in [0.4, 0.5) is 0 Å². The predicted molar refractivity (Wildman–Crippen MR) is 102 cm³/mol. The number of fused-ring (bicyclic) bond motifs is 2. The Morgan fingerprint density at radius 1 is 1.18 bits per heavy atom. The highest BCUT2D eigenvalue weighted by atomic mass is 16.2. The zero-order valence-electron chi connectivity index (χ0n) is 15.9. The first-order valence-electron chi connectivity index (χ1n) is 10.3. The van der Waals surface area contributed by atoms with Crippen LogP contribution >= 0.6 is 0 Å². The van der Waals surface area contributed by atoms with Gasteiger partial charge in [0.05, 0.1) is 0 Å². The summed E-state index contributed by atoms with van der Waals surface area (Å²) in [6.07, 6.45) is 3.26. The molecule has 1 aromatic carbocycles. The van der Waals surface area contributed by atoms with E-state index in [0.717, 1.165) is 48.6 Å². The molecule has 1 aromatic rings. The van der Waals surface area contributed by atoms with Crippen molar-refractivity contribution in [3.05, 3.63) is 34.9 Å². The third-order valence-corrected chi connectivity index (χ3v) is 6.89. The molecule has 148 valence electrons. The molecule has 2 saturated heterocycles. The van der Waals surface area contributed by atoms with E-state index in [-0.39, 0.29) is 24.1 Å². The van der Waals surface area contributed by atoms with Gasteiger partial charge >= 0.3 is 0 Å². The molecule has 3 amide bonds. The van der Waals surface area contributed by atoms with Gasteiger partial charge in [0.2, 0.25) is 11.8 Å². The lowest BCUT2D eigenvalue weighted by Crippen LogP contribution is -2.52. The van der Waals surface area contributed by atoms with Crippen molar-refractivity contribution in [1.29, 1.82) is 0 Å². The maximum atomic E-state index is 12.7. The average Bonchev–Trinajstić information content (AvgIpc) is 3.19. The first-order valence-corrected chi connectivity index (χ1v) is 10.3. The lowest BCUT2D eigenvalue weighted by atomic mass is 9.70. The minimum Gasteiger partial charge on any atom is -0.322 e. The second kappa shape index (κ2) is 6.97. The topological polar surface area (TPSA) is 90.5 Å². The number of imide groups is 1. The molecule has 1 saturated carbocycles. The zero-order valence-corrected chi connectivity index (χ0v) is 15.9. The number of nitrogens with one attached hydrogen (secondary N) is 3. The number of carbonyl (C=O) groups is 3. The Morgan fingerprint density at radius 3 is 2.89 bits per heavy atom. The molecule has 0 bridgehead atoms. The fourth-order valence-electron chi connectivity index (χ4n) is 5.29. The number of hydrogen-bond acceptors (Lipinski definition) is 5. The van der Waals surface area contributed by atoms with Crippen LogP contribution in [-0.2, 0) is 22.7 Å². The quantitative estimate of drug-likeness (QED) is 0.647. The van der Waals surface area contributed by atoms with Crippen molar-refractivity contribution < 1.29 is 14.4 Å². The highest BCUT2D eigenvalue weighted by Crippen LogP contribution is 2.40. The van der Waals surface area contributed by atoms with E-state index in [2.05, 4.69) is 22.0 Å². The number of amides is 3. The predicted octanol–water partition coefficient (Wildman–Crippen LogP) is 0.535. The molecule has 5 rings (SSSR count). The summed E-state index contributed by atoms with van der Waals surface area (Å²) in [5, 5.41) is 9.47. The maximum Gasteiger partial charge on any atom is 0.255 e. The van der Waals surface area contributed by atoms with Crippen molar-refractivity contribution in [2.24, 2.45) is 11.8 Å². The van der Waals surface area contributed by atoms with Crippen LogP contribution in [-0.4, -0.2) is 47.8 Å². The molecule has 4 unspecified atom stereocenters. The monoisotopic (exact) mass is 382 g/mol. The number of rotatable bonds is 5. The Labute approximate surface area is 164 Å². The van der Waals surface area contributed by atoms with Gasteiger partial charge in [-0.05, 0) is 61.4 Å². The van der Waals surface area contributed by atoms with E-state index in [9.17, 15) is 14.4 Å². The first-order chi connectivity index (χ1) is 13.6. The molecule has 7 heteroatoms. The molecule has 3 heterocycles. The molecular weight excluding hydrogens is 356 g/mol. The van der Waals surface area contributed by atoms with Crippen LogP contribution in [0.2, 0.25) is 0 Å². The van der Waals surface area contributed by atoms with E-state index < -0.39 is 6.04 Å². The van der Waals surface area contributed by atoms with Gasteiger partial charge < -0.3 is 15.5 Å². The largest absolute Gasteiger partial charge is 0.322 e. The number of piperidine rings is 1. The molecular formula is C21H26N4O3. The lowest BCUT2D eigenvalue weighted by Gasteiger charge is -2.40. The van der Waals surface area contributed by atoms with Crippen molar-refractivity contribution in [1.82, 2.24) is 20.9 Å². The van der Waals surface area contributed by atoms with Crippen molar-refractivity contribution >= 4 is 17.7 Å². The molecule has 0 radical (unpaired) electrons. The number of nitrogens with zero attached hydrogens (tertiary/aromatic N) is 1. The zero-order chi connectivity index (χ0) is 19.3. The molecule has 4 atom stereocenters. The summed E-state index contributed by atoms with van der Waals surface area (Å²) in [5.41, 5.74) is 2.81. The highest BCUT2D eigenvalue weighted by Gasteiger charge is 2.43. The number of carbonyl (C=O) groups excluding carboxylic acids is 3. The molecule has 1 aliphatic carbocycles. The van der Waals surface area contributed by atoms with Crippen molar-refractivity contribution in [2.75, 3.05) is 13.1 Å². The van der Waals surface area contributed by atoms with Gasteiger partial charge in [0.25, 0.3) is 5.91 Å². The van der Waals surface area contributed by atoms with Crippen LogP contribution in [0.5, 0.6) is 0 Å². The third kappa shape index (κ3) is 3.02. The molecule has 7 nitrogen and oxygen atoms in total. The van der Waals surface area contributed by atoms with Crippen LogP contribution in [0.15, 0.2) is 18.2 Å². The summed E-state index contributed by atoms with van der Waals surface area (Å²) < 4.78 is 0. The molecule has 4 aliphatic rings. The summed E-state index contributed by atoms with van der Waals surface area (Å²) >= 11 is 0. The molecule has 3 N–H and O–H groups in total. The van der Waals surface area contributed by atoms with Gasteiger partial charge in [0.1, 0.15) is 6.04 Å².